The maximum Gasteiger partial charge on any atom is 0.295 e. The third kappa shape index (κ3) is 6.46. The maximum atomic E-state index is 13.5. The van der Waals surface area contributed by atoms with E-state index in [0.29, 0.717) is 69.8 Å². The first-order chi connectivity index (χ1) is 26.8. The molecule has 19 heteroatoms. The summed E-state index contributed by atoms with van der Waals surface area (Å²) in [5.74, 6) is -0.929. The van der Waals surface area contributed by atoms with Crippen LogP contribution in [0.15, 0.2) is 45.3 Å². The third-order valence-corrected chi connectivity index (χ3v) is 9.66. The largest absolute Gasteiger partial charge is 0.490 e. The van der Waals surface area contributed by atoms with Crippen LogP contribution in [0.25, 0.3) is 22.1 Å². The maximum absolute atomic E-state index is 13.5. The molecule has 0 unspecified atom stereocenters. The number of aromatic nitrogens is 6. The molecule has 7 N–H and O–H groups in total. The number of carbonyl (C=O) groups is 4. The van der Waals surface area contributed by atoms with Crippen molar-refractivity contribution < 1.29 is 37.5 Å². The van der Waals surface area contributed by atoms with Crippen molar-refractivity contribution in [1.82, 2.24) is 34.4 Å². The molecule has 1 fully saturated rings. The normalized spacial score (nSPS) is 15.6. The highest BCUT2D eigenvalue weighted by molar-refractivity contribution is 6.05. The minimum absolute atomic E-state index is 0.0244. The first kappa shape index (κ1) is 36.0. The van der Waals surface area contributed by atoms with Crippen molar-refractivity contribution >= 4 is 57.6 Å². The average Bonchev–Trinajstić information content (AvgIpc) is 3.86. The van der Waals surface area contributed by atoms with Crippen LogP contribution >= 0.6 is 0 Å². The number of amides is 4. The smallest absolute Gasteiger partial charge is 0.295 e. The van der Waals surface area contributed by atoms with Crippen LogP contribution in [0.1, 0.15) is 65.0 Å². The lowest BCUT2D eigenvalue weighted by Crippen LogP contribution is -2.59. The summed E-state index contributed by atoms with van der Waals surface area (Å²) in [4.78, 5) is 69.8. The third-order valence-electron chi connectivity index (χ3n) is 9.66. The van der Waals surface area contributed by atoms with Gasteiger partial charge in [0.1, 0.15) is 22.5 Å². The van der Waals surface area contributed by atoms with Gasteiger partial charge in [-0.2, -0.15) is 0 Å². The van der Waals surface area contributed by atoms with Crippen molar-refractivity contribution in [3.05, 3.63) is 82.2 Å². The Kier molecular flexibility index (Phi) is 8.79. The first-order valence-corrected chi connectivity index (χ1v) is 17.6. The lowest BCUT2D eigenvalue weighted by Gasteiger charge is -2.41. The second-order valence-electron chi connectivity index (χ2n) is 13.9. The Morgan fingerprint density at radius 2 is 1.11 bits per heavy atom. The van der Waals surface area contributed by atoms with Gasteiger partial charge in [-0.05, 0) is 38.1 Å². The number of nitrogens with zero attached hydrogens (tertiary/aromatic N) is 6. The predicted octanol–water partition coefficient (Wildman–Crippen LogP) is 2.92. The molecule has 19 nitrogen and oxygen atoms in total. The van der Waals surface area contributed by atoms with Gasteiger partial charge in [0.15, 0.2) is 11.8 Å². The van der Waals surface area contributed by atoms with E-state index >= 15 is 0 Å². The van der Waals surface area contributed by atoms with Gasteiger partial charge < -0.3 is 44.2 Å². The molecule has 288 valence electrons. The van der Waals surface area contributed by atoms with Crippen molar-refractivity contribution in [2.45, 2.75) is 40.8 Å². The quantitative estimate of drug-likeness (QED) is 0.153. The van der Waals surface area contributed by atoms with Gasteiger partial charge in [0.2, 0.25) is 35.2 Å². The molecule has 2 aromatic carbocycles. The van der Waals surface area contributed by atoms with E-state index < -0.39 is 29.0 Å². The van der Waals surface area contributed by atoms with Crippen molar-refractivity contribution in [3.63, 3.8) is 0 Å². The lowest BCUT2D eigenvalue weighted by atomic mass is 9.83. The number of hydrogen-bond donors (Lipinski definition) is 5. The minimum atomic E-state index is -0.691. The lowest BCUT2D eigenvalue weighted by molar-refractivity contribution is 0.0321. The molecule has 0 bridgehead atoms. The number of hydrogen-bond acceptors (Lipinski definition) is 13. The number of allylic oxidation sites excluding steroid dienone is 2. The number of carbonyl (C=O) groups excluding carboxylic acids is 4. The van der Waals surface area contributed by atoms with Gasteiger partial charge >= 0.3 is 0 Å². The number of nitrogens with two attached hydrogens (primary N) is 2. The molecule has 56 heavy (non-hydrogen) atoms. The fraction of sp³-hybridized carbons (Fsp3) is 0.297. The van der Waals surface area contributed by atoms with Crippen molar-refractivity contribution in [3.8, 4) is 11.5 Å². The van der Waals surface area contributed by atoms with Gasteiger partial charge in [0.25, 0.3) is 11.8 Å². The van der Waals surface area contributed by atoms with Crippen LogP contribution in [0.2, 0.25) is 0 Å². The molecule has 6 heterocycles. The topological polar surface area (TPSA) is 263 Å². The molecular weight excluding hydrogens is 726 g/mol. The Bertz CT molecular complexity index is 2470. The molecule has 1 spiro atoms. The van der Waals surface area contributed by atoms with E-state index in [1.807, 2.05) is 12.2 Å². The van der Waals surface area contributed by atoms with E-state index in [9.17, 15) is 19.2 Å². The molecular formula is C37H37N11O8. The van der Waals surface area contributed by atoms with E-state index in [-0.39, 0.29) is 60.8 Å². The van der Waals surface area contributed by atoms with Gasteiger partial charge in [-0.15, -0.1) is 0 Å². The summed E-state index contributed by atoms with van der Waals surface area (Å²) in [6, 6.07) is 6.16. The Balaban J connectivity index is 1.26. The number of benzene rings is 2. The Labute approximate surface area is 317 Å². The van der Waals surface area contributed by atoms with E-state index in [4.69, 9.17) is 39.7 Å². The number of imidazole rings is 2. The zero-order valence-corrected chi connectivity index (χ0v) is 30.8. The van der Waals surface area contributed by atoms with Crippen molar-refractivity contribution in [2.24, 2.45) is 16.9 Å². The van der Waals surface area contributed by atoms with Crippen LogP contribution in [-0.2, 0) is 13.1 Å². The Hall–Kier alpha value is -7.02. The molecule has 0 aliphatic carbocycles. The first-order valence-electron chi connectivity index (χ1n) is 17.6. The fourth-order valence-electron chi connectivity index (χ4n) is 6.86. The highest BCUT2D eigenvalue weighted by Crippen LogP contribution is 2.36. The van der Waals surface area contributed by atoms with E-state index in [2.05, 4.69) is 25.9 Å². The predicted molar refractivity (Wildman–Crippen MR) is 200 cm³/mol. The number of ether oxygens (including phenoxy) is 2. The standard InChI is InChI=1S/C37H37N11O8/c1-17-29(55-19(3)41-17)33(51)45-35-43-23-9-21(31(38)49)11-25-27(23)47(35)7-5-6-8-48-28-24(44-36(48)46-34(52)30-18(2)42-20(4)56-30)10-22(32(39)50)12-26(28)54-16-37(15-53-25)13-40-14-37/h5-6,9-12,40H,7-8,13-16H2,1-4H3,(H2,38,49)(H2,39,50)(H,43,45,51)(H,44,46,52)/b6-5+. The SMILES string of the molecule is Cc1nc(C)c(C(=O)Nc2nc3cc(C(N)=O)cc4c3n2C/C=C/Cn2c(NC(=O)c3oc(C)nc3C)nc3cc(C(N)=O)cc(c32)OCC2(CNC2)CO4)o1. The monoisotopic (exact) mass is 763 g/mol. The molecule has 4 aromatic heterocycles. The van der Waals surface area contributed by atoms with Gasteiger partial charge in [0.05, 0.1) is 41.1 Å². The molecule has 1 saturated heterocycles. The average molecular weight is 764 g/mol. The molecule has 2 aliphatic heterocycles. The Morgan fingerprint density at radius 1 is 0.679 bits per heavy atom. The number of primary amides is 2. The number of nitrogens with one attached hydrogen (secondary N) is 3. The van der Waals surface area contributed by atoms with Crippen LogP contribution in [0.4, 0.5) is 11.9 Å². The molecule has 6 aromatic rings. The van der Waals surface area contributed by atoms with Gasteiger partial charge in [-0.25, -0.2) is 19.9 Å². The number of anilines is 2. The van der Waals surface area contributed by atoms with Crippen LogP contribution in [0.3, 0.4) is 0 Å². The van der Waals surface area contributed by atoms with Crippen LogP contribution in [-0.4, -0.2) is 79.0 Å². The molecule has 0 atom stereocenters. The zero-order chi connectivity index (χ0) is 39.5. The fourth-order valence-corrected chi connectivity index (χ4v) is 6.86. The highest BCUT2D eigenvalue weighted by Gasteiger charge is 2.40. The van der Waals surface area contributed by atoms with Gasteiger partial charge in [-0.3, -0.25) is 29.8 Å². The van der Waals surface area contributed by atoms with Crippen molar-refractivity contribution in [2.75, 3.05) is 36.9 Å². The van der Waals surface area contributed by atoms with Crippen LogP contribution in [0, 0.1) is 33.1 Å². The van der Waals surface area contributed by atoms with E-state index in [1.54, 1.807) is 49.0 Å². The molecule has 4 amide bonds. The molecule has 0 radical (unpaired) electrons. The summed E-state index contributed by atoms with van der Waals surface area (Å²) in [6.45, 7) is 8.19. The number of rotatable bonds is 6. The summed E-state index contributed by atoms with van der Waals surface area (Å²) < 4.78 is 27.6. The van der Waals surface area contributed by atoms with Crippen LogP contribution in [0.5, 0.6) is 11.5 Å². The van der Waals surface area contributed by atoms with Crippen LogP contribution < -0.4 is 36.9 Å². The molecule has 8 rings (SSSR count). The summed E-state index contributed by atoms with van der Waals surface area (Å²) in [7, 11) is 0. The molecule has 0 saturated carbocycles. The highest BCUT2D eigenvalue weighted by atomic mass is 16.5. The minimum Gasteiger partial charge on any atom is -0.490 e. The Morgan fingerprint density at radius 3 is 1.45 bits per heavy atom. The second-order valence-corrected chi connectivity index (χ2v) is 13.9. The number of oxazole rings is 2. The van der Waals surface area contributed by atoms with Crippen molar-refractivity contribution in [1.29, 1.82) is 0 Å². The summed E-state index contributed by atoms with van der Waals surface area (Å²) in [5.41, 5.74) is 13.7. The number of aryl methyl sites for hydroxylation is 4. The molecule has 2 aliphatic rings. The summed E-state index contributed by atoms with van der Waals surface area (Å²) >= 11 is 0. The summed E-state index contributed by atoms with van der Waals surface area (Å²) in [6.07, 6.45) is 3.65. The van der Waals surface area contributed by atoms with E-state index in [0.717, 1.165) is 0 Å². The second kappa shape index (κ2) is 13.7. The van der Waals surface area contributed by atoms with Gasteiger partial charge in [0, 0.05) is 51.2 Å². The van der Waals surface area contributed by atoms with Gasteiger partial charge in [-0.1, -0.05) is 12.2 Å². The van der Waals surface area contributed by atoms with E-state index in [1.165, 1.54) is 12.1 Å². The zero-order valence-electron chi connectivity index (χ0n) is 30.8. The summed E-state index contributed by atoms with van der Waals surface area (Å²) in [5, 5.41) is 8.95.